The molecule has 102 valence electrons. The number of hydrogen-bond donors (Lipinski definition) is 1. The predicted molar refractivity (Wildman–Crippen MR) is 68.2 cm³/mol. The summed E-state index contributed by atoms with van der Waals surface area (Å²) in [5, 5.41) is 18.5. The van der Waals surface area contributed by atoms with Crippen LogP contribution in [0.3, 0.4) is 0 Å². The minimum atomic E-state index is -0.866. The largest absolute Gasteiger partial charge is 0.454 e. The molecule has 2 rings (SSSR count). The Bertz CT molecular complexity index is 678. The normalized spacial score (nSPS) is 11.8. The zero-order valence-electron chi connectivity index (χ0n) is 10.6. The van der Waals surface area contributed by atoms with Crippen molar-refractivity contribution in [3.63, 3.8) is 0 Å². The SMILES string of the molecule is C[C@@H](O)c1ccc(C#N)cc1Oc1cc(F)ccc1F. The fourth-order valence-electron chi connectivity index (χ4n) is 1.71. The summed E-state index contributed by atoms with van der Waals surface area (Å²) in [6.07, 6.45) is -0.866. The first-order chi connectivity index (χ1) is 9.51. The average molecular weight is 275 g/mol. The van der Waals surface area contributed by atoms with E-state index < -0.39 is 17.7 Å². The lowest BCUT2D eigenvalue weighted by Crippen LogP contribution is -1.98. The second kappa shape index (κ2) is 5.68. The van der Waals surface area contributed by atoms with Crippen LogP contribution in [0.25, 0.3) is 0 Å². The summed E-state index contributed by atoms with van der Waals surface area (Å²) in [5.41, 5.74) is 0.675. The average Bonchev–Trinajstić information content (AvgIpc) is 2.42. The van der Waals surface area contributed by atoms with E-state index in [1.165, 1.54) is 25.1 Å². The van der Waals surface area contributed by atoms with E-state index in [4.69, 9.17) is 10.00 Å². The molecule has 0 radical (unpaired) electrons. The lowest BCUT2D eigenvalue weighted by molar-refractivity contribution is 0.195. The number of aliphatic hydroxyl groups is 1. The fourth-order valence-corrected chi connectivity index (χ4v) is 1.71. The standard InChI is InChI=1S/C15H11F2NO2/c1-9(19)12-4-2-10(8-18)6-14(12)20-15-7-11(16)3-5-13(15)17/h2-7,9,19H,1H3/t9-/m1/s1. The second-order valence-corrected chi connectivity index (χ2v) is 4.22. The van der Waals surface area contributed by atoms with Crippen molar-refractivity contribution in [2.75, 3.05) is 0 Å². The van der Waals surface area contributed by atoms with Gasteiger partial charge in [0.2, 0.25) is 0 Å². The number of hydrogen-bond acceptors (Lipinski definition) is 3. The summed E-state index contributed by atoms with van der Waals surface area (Å²) in [6, 6.07) is 9.13. The van der Waals surface area contributed by atoms with E-state index in [-0.39, 0.29) is 11.5 Å². The Morgan fingerprint density at radius 3 is 2.55 bits per heavy atom. The second-order valence-electron chi connectivity index (χ2n) is 4.22. The van der Waals surface area contributed by atoms with Crippen molar-refractivity contribution in [1.29, 1.82) is 5.26 Å². The van der Waals surface area contributed by atoms with Crippen LogP contribution in [0.15, 0.2) is 36.4 Å². The smallest absolute Gasteiger partial charge is 0.165 e. The fraction of sp³-hybridized carbons (Fsp3) is 0.133. The molecule has 0 saturated carbocycles. The van der Waals surface area contributed by atoms with Crippen LogP contribution in [-0.4, -0.2) is 5.11 Å². The molecule has 0 saturated heterocycles. The summed E-state index contributed by atoms with van der Waals surface area (Å²) < 4.78 is 32.0. The third kappa shape index (κ3) is 2.92. The molecule has 0 amide bonds. The summed E-state index contributed by atoms with van der Waals surface area (Å²) >= 11 is 0. The molecule has 0 spiro atoms. The van der Waals surface area contributed by atoms with Crippen molar-refractivity contribution in [3.8, 4) is 17.6 Å². The monoisotopic (exact) mass is 275 g/mol. The van der Waals surface area contributed by atoms with Crippen molar-refractivity contribution in [1.82, 2.24) is 0 Å². The number of benzene rings is 2. The maximum Gasteiger partial charge on any atom is 0.165 e. The number of aliphatic hydroxyl groups excluding tert-OH is 1. The molecule has 0 aliphatic heterocycles. The van der Waals surface area contributed by atoms with Crippen LogP contribution in [0.1, 0.15) is 24.2 Å². The first-order valence-electron chi connectivity index (χ1n) is 5.86. The molecule has 0 bridgehead atoms. The molecule has 20 heavy (non-hydrogen) atoms. The van der Waals surface area contributed by atoms with Crippen LogP contribution in [0.5, 0.6) is 11.5 Å². The van der Waals surface area contributed by atoms with Gasteiger partial charge in [0.25, 0.3) is 0 Å². The summed E-state index contributed by atoms with van der Waals surface area (Å²) in [7, 11) is 0. The van der Waals surface area contributed by atoms with Crippen LogP contribution < -0.4 is 4.74 Å². The Hall–Kier alpha value is -2.45. The van der Waals surface area contributed by atoms with Crippen molar-refractivity contribution in [2.45, 2.75) is 13.0 Å². The first-order valence-corrected chi connectivity index (χ1v) is 5.86. The first kappa shape index (κ1) is 14.0. The molecule has 0 heterocycles. The van der Waals surface area contributed by atoms with Gasteiger partial charge in [0.1, 0.15) is 11.6 Å². The Kier molecular flexibility index (Phi) is 3.97. The molecule has 0 aromatic heterocycles. The van der Waals surface area contributed by atoms with Crippen molar-refractivity contribution in [2.24, 2.45) is 0 Å². The quantitative estimate of drug-likeness (QED) is 0.929. The van der Waals surface area contributed by atoms with Gasteiger partial charge in [0.05, 0.1) is 17.7 Å². The number of halogens is 2. The van der Waals surface area contributed by atoms with Gasteiger partial charge in [-0.05, 0) is 31.2 Å². The molecule has 1 atom stereocenters. The topological polar surface area (TPSA) is 53.2 Å². The highest BCUT2D eigenvalue weighted by atomic mass is 19.1. The summed E-state index contributed by atoms with van der Waals surface area (Å²) in [6.45, 7) is 1.51. The summed E-state index contributed by atoms with van der Waals surface area (Å²) in [4.78, 5) is 0. The molecular formula is C15H11F2NO2. The number of nitriles is 1. The highest BCUT2D eigenvalue weighted by molar-refractivity contribution is 5.45. The van der Waals surface area contributed by atoms with Gasteiger partial charge in [-0.15, -0.1) is 0 Å². The van der Waals surface area contributed by atoms with Crippen LogP contribution in [0, 0.1) is 23.0 Å². The van der Waals surface area contributed by atoms with Gasteiger partial charge < -0.3 is 9.84 Å². The highest BCUT2D eigenvalue weighted by Gasteiger charge is 2.13. The van der Waals surface area contributed by atoms with Crippen molar-refractivity contribution < 1.29 is 18.6 Å². The molecule has 0 fully saturated rings. The van der Waals surface area contributed by atoms with E-state index >= 15 is 0 Å². The maximum atomic E-state index is 13.6. The molecule has 0 aliphatic rings. The molecular weight excluding hydrogens is 264 g/mol. The number of rotatable bonds is 3. The molecule has 0 aliphatic carbocycles. The van der Waals surface area contributed by atoms with Crippen LogP contribution in [-0.2, 0) is 0 Å². The molecule has 0 unspecified atom stereocenters. The highest BCUT2D eigenvalue weighted by Crippen LogP contribution is 2.32. The number of nitrogens with zero attached hydrogens (tertiary/aromatic N) is 1. The van der Waals surface area contributed by atoms with E-state index in [9.17, 15) is 13.9 Å². The molecule has 2 aromatic rings. The Morgan fingerprint density at radius 2 is 1.90 bits per heavy atom. The van der Waals surface area contributed by atoms with Gasteiger partial charge in [-0.25, -0.2) is 8.78 Å². The van der Waals surface area contributed by atoms with Gasteiger partial charge in [0, 0.05) is 11.6 Å². The molecule has 5 heteroatoms. The Labute approximate surface area is 114 Å². The maximum absolute atomic E-state index is 13.6. The van der Waals surface area contributed by atoms with E-state index in [0.29, 0.717) is 11.1 Å². The van der Waals surface area contributed by atoms with Crippen molar-refractivity contribution in [3.05, 3.63) is 59.2 Å². The van der Waals surface area contributed by atoms with Gasteiger partial charge >= 0.3 is 0 Å². The third-order valence-electron chi connectivity index (χ3n) is 2.71. The van der Waals surface area contributed by atoms with Gasteiger partial charge in [-0.3, -0.25) is 0 Å². The van der Waals surface area contributed by atoms with E-state index in [2.05, 4.69) is 0 Å². The van der Waals surface area contributed by atoms with E-state index in [1.807, 2.05) is 6.07 Å². The molecule has 1 N–H and O–H groups in total. The Morgan fingerprint density at radius 1 is 1.15 bits per heavy atom. The molecule has 3 nitrogen and oxygen atoms in total. The van der Waals surface area contributed by atoms with Gasteiger partial charge in [0.15, 0.2) is 11.6 Å². The number of ether oxygens (including phenoxy) is 1. The lowest BCUT2D eigenvalue weighted by Gasteiger charge is -2.14. The molecule has 2 aromatic carbocycles. The predicted octanol–water partition coefficient (Wildman–Crippen LogP) is 3.68. The van der Waals surface area contributed by atoms with Gasteiger partial charge in [-0.1, -0.05) is 6.07 Å². The van der Waals surface area contributed by atoms with Crippen LogP contribution in [0.4, 0.5) is 8.78 Å². The van der Waals surface area contributed by atoms with E-state index in [1.54, 1.807) is 0 Å². The zero-order valence-corrected chi connectivity index (χ0v) is 10.6. The summed E-state index contributed by atoms with van der Waals surface area (Å²) in [5.74, 6) is -1.56. The van der Waals surface area contributed by atoms with E-state index in [0.717, 1.165) is 18.2 Å². The third-order valence-corrected chi connectivity index (χ3v) is 2.71. The lowest BCUT2D eigenvalue weighted by atomic mass is 10.1. The van der Waals surface area contributed by atoms with Crippen LogP contribution >= 0.6 is 0 Å². The van der Waals surface area contributed by atoms with Gasteiger partial charge in [-0.2, -0.15) is 5.26 Å². The minimum Gasteiger partial charge on any atom is -0.454 e. The minimum absolute atomic E-state index is 0.114. The Balaban J connectivity index is 2.46. The van der Waals surface area contributed by atoms with Crippen molar-refractivity contribution >= 4 is 0 Å². The van der Waals surface area contributed by atoms with Crippen LogP contribution in [0.2, 0.25) is 0 Å². The zero-order chi connectivity index (χ0) is 14.7.